The van der Waals surface area contributed by atoms with Crippen LogP contribution in [-0.4, -0.2) is 54.1 Å². The number of nitrogens with two attached hydrogens (primary N) is 1. The Balaban J connectivity index is 1.59. The van der Waals surface area contributed by atoms with Gasteiger partial charge in [0.25, 0.3) is 0 Å². The van der Waals surface area contributed by atoms with Crippen LogP contribution in [0.5, 0.6) is 5.88 Å². The lowest BCUT2D eigenvalue weighted by molar-refractivity contribution is 0.202. The number of hydrogen-bond donors (Lipinski definition) is 3. The van der Waals surface area contributed by atoms with Crippen molar-refractivity contribution >= 4 is 51.9 Å². The molecule has 31 heavy (non-hydrogen) atoms. The summed E-state index contributed by atoms with van der Waals surface area (Å²) in [5.41, 5.74) is 8.30. The summed E-state index contributed by atoms with van der Waals surface area (Å²) in [6.07, 6.45) is 0.912. The van der Waals surface area contributed by atoms with Crippen molar-refractivity contribution in [2.45, 2.75) is 6.54 Å². The number of carbonyl (C=O) groups is 2. The molecule has 0 radical (unpaired) electrons. The van der Waals surface area contributed by atoms with Gasteiger partial charge in [-0.1, -0.05) is 6.07 Å². The average Bonchev–Trinajstić information content (AvgIpc) is 3.38. The minimum atomic E-state index is -0.673. The molecule has 9 nitrogen and oxygen atoms in total. The second-order valence-electron chi connectivity index (χ2n) is 6.93. The monoisotopic (exact) mass is 460 g/mol. The number of anilines is 3. The predicted molar refractivity (Wildman–Crippen MR) is 125 cm³/mol. The van der Waals surface area contributed by atoms with E-state index in [1.165, 1.54) is 22.7 Å². The number of pyridine rings is 1. The molecule has 0 bridgehead atoms. The lowest BCUT2D eigenvalue weighted by Crippen LogP contribution is -2.38. The number of carbonyl (C=O) groups excluding carboxylic acids is 2. The first kappa shape index (κ1) is 22.5. The molecule has 0 aliphatic rings. The van der Waals surface area contributed by atoms with Gasteiger partial charge in [-0.3, -0.25) is 5.32 Å². The molecular weight excluding hydrogens is 436 g/mol. The third-order valence-corrected chi connectivity index (χ3v) is 5.62. The maximum absolute atomic E-state index is 12.7. The van der Waals surface area contributed by atoms with Crippen molar-refractivity contribution in [2.24, 2.45) is 0 Å². The molecule has 0 fully saturated rings. The fraction of sp³-hybridized carbons (Fsp3) is 0.250. The van der Waals surface area contributed by atoms with E-state index in [9.17, 15) is 9.59 Å². The first-order valence-corrected chi connectivity index (χ1v) is 11.3. The molecule has 3 rings (SSSR count). The number of nitrogens with zero attached hydrogens (tertiary/aromatic N) is 3. The van der Waals surface area contributed by atoms with Gasteiger partial charge in [0.05, 0.1) is 17.1 Å². The second-order valence-corrected chi connectivity index (χ2v) is 8.45. The maximum atomic E-state index is 12.7. The number of rotatable bonds is 8. The Kier molecular flexibility index (Phi) is 7.82. The molecule has 4 N–H and O–H groups in total. The minimum absolute atomic E-state index is 0.151. The largest absolute Gasteiger partial charge is 0.418 e. The van der Waals surface area contributed by atoms with Gasteiger partial charge >= 0.3 is 12.1 Å². The number of nitrogens with one attached hydrogen (secondary N) is 2. The van der Waals surface area contributed by atoms with Crippen LogP contribution < -0.4 is 21.1 Å². The van der Waals surface area contributed by atoms with Gasteiger partial charge in [-0.05, 0) is 31.1 Å². The van der Waals surface area contributed by atoms with E-state index in [2.05, 4.69) is 15.6 Å². The van der Waals surface area contributed by atoms with E-state index >= 15 is 0 Å². The molecule has 0 aliphatic heterocycles. The van der Waals surface area contributed by atoms with Crippen LogP contribution in [0.15, 0.2) is 45.9 Å². The standard InChI is InChI=1S/C20H24N6O3S2/c1-25(2)6-7-26(19(27)23-15-5-8-30-11-15)10-14-3-4-18(22-9-14)29-20(28)24-17-13-31-12-16(17)21/h3-5,8-9,11-13H,6-7,10,21H2,1-2H3,(H,23,27)(H,24,28). The van der Waals surface area contributed by atoms with E-state index in [-0.39, 0.29) is 11.9 Å². The van der Waals surface area contributed by atoms with Crippen molar-refractivity contribution in [3.05, 3.63) is 51.5 Å². The number of amides is 3. The van der Waals surface area contributed by atoms with E-state index in [0.717, 1.165) is 17.8 Å². The quantitative estimate of drug-likeness (QED) is 0.468. The van der Waals surface area contributed by atoms with E-state index in [0.29, 0.717) is 24.5 Å². The van der Waals surface area contributed by atoms with Gasteiger partial charge in [-0.25, -0.2) is 14.6 Å². The highest BCUT2D eigenvalue weighted by atomic mass is 32.1. The van der Waals surface area contributed by atoms with Gasteiger partial charge in [-0.2, -0.15) is 11.3 Å². The first-order valence-electron chi connectivity index (χ1n) is 9.39. The zero-order valence-corrected chi connectivity index (χ0v) is 18.8. The first-order chi connectivity index (χ1) is 14.9. The smallest absolute Gasteiger partial charge is 0.396 e. The van der Waals surface area contributed by atoms with Gasteiger partial charge in [0, 0.05) is 48.0 Å². The highest BCUT2D eigenvalue weighted by Gasteiger charge is 2.16. The summed E-state index contributed by atoms with van der Waals surface area (Å²) in [4.78, 5) is 32.6. The van der Waals surface area contributed by atoms with Crippen LogP contribution in [-0.2, 0) is 6.54 Å². The lowest BCUT2D eigenvalue weighted by Gasteiger charge is -2.24. The van der Waals surface area contributed by atoms with Gasteiger partial charge in [0.2, 0.25) is 5.88 Å². The van der Waals surface area contributed by atoms with Crippen LogP contribution in [0.25, 0.3) is 0 Å². The highest BCUT2D eigenvalue weighted by molar-refractivity contribution is 7.09. The number of thiophene rings is 2. The Bertz CT molecular complexity index is 989. The molecule has 3 aromatic heterocycles. The Labute approximate surface area is 188 Å². The van der Waals surface area contributed by atoms with E-state index in [1.54, 1.807) is 34.0 Å². The molecule has 0 aromatic carbocycles. The van der Waals surface area contributed by atoms with E-state index in [1.807, 2.05) is 35.8 Å². The van der Waals surface area contributed by atoms with Gasteiger partial charge in [0.15, 0.2) is 0 Å². The van der Waals surface area contributed by atoms with Crippen LogP contribution in [0.1, 0.15) is 5.56 Å². The molecule has 0 unspecified atom stereocenters. The molecule has 0 atom stereocenters. The Hall–Kier alpha value is -3.15. The third-order valence-electron chi connectivity index (χ3n) is 4.17. The normalized spacial score (nSPS) is 10.7. The average molecular weight is 461 g/mol. The lowest BCUT2D eigenvalue weighted by atomic mass is 10.2. The van der Waals surface area contributed by atoms with Gasteiger partial charge in [0.1, 0.15) is 0 Å². The highest BCUT2D eigenvalue weighted by Crippen LogP contribution is 2.23. The zero-order chi connectivity index (χ0) is 22.2. The molecule has 3 aromatic rings. The topological polar surface area (TPSA) is 113 Å². The summed E-state index contributed by atoms with van der Waals surface area (Å²) in [6.45, 7) is 1.64. The maximum Gasteiger partial charge on any atom is 0.418 e. The number of likely N-dealkylation sites (N-methyl/N-ethyl adjacent to an activating group) is 1. The minimum Gasteiger partial charge on any atom is -0.396 e. The third kappa shape index (κ3) is 6.95. The van der Waals surface area contributed by atoms with Crippen molar-refractivity contribution < 1.29 is 14.3 Å². The summed E-state index contributed by atoms with van der Waals surface area (Å²) in [6, 6.07) is 5.03. The summed E-state index contributed by atoms with van der Waals surface area (Å²) < 4.78 is 5.19. The van der Waals surface area contributed by atoms with Crippen molar-refractivity contribution in [2.75, 3.05) is 43.6 Å². The van der Waals surface area contributed by atoms with Crippen LogP contribution in [0, 0.1) is 0 Å². The predicted octanol–water partition coefficient (Wildman–Crippen LogP) is 3.99. The van der Waals surface area contributed by atoms with Crippen LogP contribution >= 0.6 is 22.7 Å². The summed E-state index contributed by atoms with van der Waals surface area (Å²) >= 11 is 2.90. The van der Waals surface area contributed by atoms with E-state index in [4.69, 9.17) is 10.5 Å². The van der Waals surface area contributed by atoms with Crippen LogP contribution in [0.2, 0.25) is 0 Å². The fourth-order valence-electron chi connectivity index (χ4n) is 2.54. The zero-order valence-electron chi connectivity index (χ0n) is 17.2. The molecule has 0 spiro atoms. The molecule has 0 saturated heterocycles. The van der Waals surface area contributed by atoms with Crippen molar-refractivity contribution in [3.8, 4) is 5.88 Å². The van der Waals surface area contributed by atoms with Gasteiger partial charge < -0.3 is 25.6 Å². The van der Waals surface area contributed by atoms with Crippen molar-refractivity contribution in [3.63, 3.8) is 0 Å². The molecule has 3 heterocycles. The number of urea groups is 1. The number of hydrogen-bond acceptors (Lipinski definition) is 8. The Morgan fingerprint density at radius 3 is 2.55 bits per heavy atom. The fourth-order valence-corrected chi connectivity index (χ4v) is 3.80. The van der Waals surface area contributed by atoms with Crippen molar-refractivity contribution in [1.29, 1.82) is 0 Å². The summed E-state index contributed by atoms with van der Waals surface area (Å²) in [5.74, 6) is 0.151. The molecule has 3 amide bonds. The SMILES string of the molecule is CN(C)CCN(Cc1ccc(OC(=O)Nc2cscc2N)nc1)C(=O)Nc1ccsc1. The molecule has 0 aliphatic carbocycles. The van der Waals surface area contributed by atoms with Gasteiger partial charge in [-0.15, -0.1) is 11.3 Å². The van der Waals surface area contributed by atoms with Crippen LogP contribution in [0.4, 0.5) is 26.7 Å². The number of nitrogen functional groups attached to an aromatic ring is 1. The Morgan fingerprint density at radius 2 is 1.94 bits per heavy atom. The molecule has 0 saturated carbocycles. The van der Waals surface area contributed by atoms with Crippen molar-refractivity contribution in [1.82, 2.24) is 14.8 Å². The number of ether oxygens (including phenoxy) is 1. The van der Waals surface area contributed by atoms with Crippen LogP contribution in [0.3, 0.4) is 0 Å². The molecular formula is C20H24N6O3S2. The molecule has 11 heteroatoms. The number of aromatic nitrogens is 1. The second kappa shape index (κ2) is 10.8. The Morgan fingerprint density at radius 1 is 1.10 bits per heavy atom. The van der Waals surface area contributed by atoms with E-state index < -0.39 is 6.09 Å². The summed E-state index contributed by atoms with van der Waals surface area (Å²) in [5, 5.41) is 12.7. The molecule has 164 valence electrons. The summed E-state index contributed by atoms with van der Waals surface area (Å²) in [7, 11) is 3.91.